The van der Waals surface area contributed by atoms with Crippen molar-refractivity contribution in [2.24, 2.45) is 5.14 Å². The predicted octanol–water partition coefficient (Wildman–Crippen LogP) is 1.62. The first-order valence-electron chi connectivity index (χ1n) is 8.26. The molecule has 1 saturated heterocycles. The molecule has 3 heterocycles. The molecule has 2 aromatic heterocycles. The van der Waals surface area contributed by atoms with Gasteiger partial charge in [-0.2, -0.15) is 0 Å². The highest BCUT2D eigenvalue weighted by atomic mass is 32.2. The maximum Gasteiger partial charge on any atom is 0.289 e. The van der Waals surface area contributed by atoms with Crippen molar-refractivity contribution in [3.8, 4) is 5.88 Å². The first-order valence-corrected chi connectivity index (χ1v) is 9.80. The molecule has 1 amide bonds. The van der Waals surface area contributed by atoms with E-state index in [2.05, 4.69) is 4.98 Å². The zero-order valence-electron chi connectivity index (χ0n) is 14.6. The van der Waals surface area contributed by atoms with Crippen molar-refractivity contribution in [3.05, 3.63) is 41.5 Å². The Morgan fingerprint density at radius 2 is 2.00 bits per heavy atom. The van der Waals surface area contributed by atoms with E-state index < -0.39 is 10.0 Å². The molecule has 3 rings (SSSR count). The number of primary sulfonamides is 1. The van der Waals surface area contributed by atoms with Crippen LogP contribution in [0, 0.1) is 13.8 Å². The Bertz CT molecular complexity index is 897. The number of rotatable bonds is 4. The van der Waals surface area contributed by atoms with Crippen molar-refractivity contribution in [1.29, 1.82) is 0 Å². The molecule has 1 aliphatic heterocycles. The summed E-state index contributed by atoms with van der Waals surface area (Å²) < 4.78 is 34.1. The first kappa shape index (κ1) is 18.4. The van der Waals surface area contributed by atoms with Crippen molar-refractivity contribution in [1.82, 2.24) is 9.88 Å². The fourth-order valence-electron chi connectivity index (χ4n) is 2.88. The lowest BCUT2D eigenvalue weighted by molar-refractivity contribution is 0.0558. The lowest BCUT2D eigenvalue weighted by atomic mass is 10.1. The highest BCUT2D eigenvalue weighted by molar-refractivity contribution is 7.89. The minimum absolute atomic E-state index is 0.0208. The lowest BCUT2D eigenvalue weighted by Crippen LogP contribution is -2.41. The zero-order valence-corrected chi connectivity index (χ0v) is 15.5. The molecule has 26 heavy (non-hydrogen) atoms. The third-order valence-corrected chi connectivity index (χ3v) is 5.31. The average molecular weight is 379 g/mol. The van der Waals surface area contributed by atoms with E-state index in [0.29, 0.717) is 31.8 Å². The van der Waals surface area contributed by atoms with Gasteiger partial charge < -0.3 is 14.1 Å². The molecule has 1 fully saturated rings. The number of furan rings is 1. The molecule has 140 valence electrons. The van der Waals surface area contributed by atoms with Crippen LogP contribution in [0.15, 0.2) is 33.7 Å². The number of sulfonamides is 1. The molecule has 0 aliphatic carbocycles. The van der Waals surface area contributed by atoms with E-state index in [-0.39, 0.29) is 28.4 Å². The molecule has 9 heteroatoms. The number of carbonyl (C=O) groups excluding carboxylic acids is 1. The molecule has 8 nitrogen and oxygen atoms in total. The fourth-order valence-corrected chi connectivity index (χ4v) is 3.59. The number of ether oxygens (including phenoxy) is 1. The number of carbonyl (C=O) groups is 1. The van der Waals surface area contributed by atoms with Crippen molar-refractivity contribution in [2.45, 2.75) is 37.7 Å². The monoisotopic (exact) mass is 379 g/mol. The van der Waals surface area contributed by atoms with Crippen LogP contribution in [0.2, 0.25) is 0 Å². The van der Waals surface area contributed by atoms with E-state index in [1.165, 1.54) is 13.0 Å². The van der Waals surface area contributed by atoms with Gasteiger partial charge in [0.15, 0.2) is 5.76 Å². The molecule has 0 aromatic carbocycles. The summed E-state index contributed by atoms with van der Waals surface area (Å²) in [5.41, 5.74) is 1.06. The minimum atomic E-state index is -3.91. The molecule has 2 aromatic rings. The topological polar surface area (TPSA) is 116 Å². The van der Waals surface area contributed by atoms with E-state index in [9.17, 15) is 13.2 Å². The van der Waals surface area contributed by atoms with Crippen molar-refractivity contribution in [2.75, 3.05) is 13.1 Å². The van der Waals surface area contributed by atoms with Crippen molar-refractivity contribution >= 4 is 15.9 Å². The Kier molecular flexibility index (Phi) is 5.01. The number of hydrogen-bond donors (Lipinski definition) is 1. The third kappa shape index (κ3) is 4.05. The Balaban J connectivity index is 1.61. The van der Waals surface area contributed by atoms with E-state index in [1.807, 2.05) is 19.1 Å². The Morgan fingerprint density at radius 3 is 2.54 bits per heavy atom. The highest BCUT2D eigenvalue weighted by Crippen LogP contribution is 2.23. The maximum atomic E-state index is 12.5. The van der Waals surface area contributed by atoms with Crippen LogP contribution < -0.4 is 9.88 Å². The zero-order chi connectivity index (χ0) is 18.9. The number of likely N-dealkylation sites (tertiary alicyclic amines) is 1. The second-order valence-corrected chi connectivity index (χ2v) is 7.89. The standard InChI is InChI=1S/C17H21N3O5S/c1-11-3-4-16(19-10-11)25-13-5-7-20(8-6-13)17(21)14-9-15(12(2)24-14)26(18,22)23/h3-4,9-10,13H,5-8H2,1-2H3,(H2,18,22,23). The smallest absolute Gasteiger partial charge is 0.289 e. The van der Waals surface area contributed by atoms with Gasteiger partial charge in [-0.3, -0.25) is 4.79 Å². The molecule has 1 aliphatic rings. The van der Waals surface area contributed by atoms with E-state index in [0.717, 1.165) is 5.56 Å². The van der Waals surface area contributed by atoms with Gasteiger partial charge in [-0.05, 0) is 19.4 Å². The summed E-state index contributed by atoms with van der Waals surface area (Å²) in [6, 6.07) is 4.95. The SMILES string of the molecule is Cc1ccc(OC2CCN(C(=O)c3cc(S(N)(=O)=O)c(C)o3)CC2)nc1. The normalized spacial score (nSPS) is 15.9. The molecule has 0 atom stereocenters. The summed E-state index contributed by atoms with van der Waals surface area (Å²) in [6.07, 6.45) is 3.04. The van der Waals surface area contributed by atoms with Gasteiger partial charge in [0.2, 0.25) is 15.9 Å². The fraction of sp³-hybridized carbons (Fsp3) is 0.412. The van der Waals surface area contributed by atoms with Crippen LogP contribution in [0.4, 0.5) is 0 Å². The maximum absolute atomic E-state index is 12.5. The number of aryl methyl sites for hydroxylation is 2. The lowest BCUT2D eigenvalue weighted by Gasteiger charge is -2.31. The van der Waals surface area contributed by atoms with Crippen LogP contribution in [0.5, 0.6) is 5.88 Å². The second kappa shape index (κ2) is 7.08. The molecular weight excluding hydrogens is 358 g/mol. The van der Waals surface area contributed by atoms with Crippen LogP contribution in [0.1, 0.15) is 34.7 Å². The Morgan fingerprint density at radius 1 is 1.31 bits per heavy atom. The highest BCUT2D eigenvalue weighted by Gasteiger charge is 2.28. The van der Waals surface area contributed by atoms with Crippen molar-refractivity contribution < 1.29 is 22.4 Å². The number of piperidine rings is 1. The van der Waals surface area contributed by atoms with Crippen LogP contribution >= 0.6 is 0 Å². The Hall–Kier alpha value is -2.39. The molecule has 2 N–H and O–H groups in total. The number of amides is 1. The second-order valence-electron chi connectivity index (χ2n) is 6.36. The van der Waals surface area contributed by atoms with Crippen LogP contribution in [0.3, 0.4) is 0 Å². The van der Waals surface area contributed by atoms with Gasteiger partial charge in [0, 0.05) is 44.3 Å². The van der Waals surface area contributed by atoms with Crippen LogP contribution in [-0.2, 0) is 10.0 Å². The molecular formula is C17H21N3O5S. The number of hydrogen-bond acceptors (Lipinski definition) is 6. The molecule has 0 radical (unpaired) electrons. The van der Waals surface area contributed by atoms with Gasteiger partial charge in [0.05, 0.1) is 0 Å². The van der Waals surface area contributed by atoms with Gasteiger partial charge in [0.25, 0.3) is 5.91 Å². The van der Waals surface area contributed by atoms with Crippen LogP contribution in [0.25, 0.3) is 0 Å². The van der Waals surface area contributed by atoms with Crippen LogP contribution in [-0.4, -0.2) is 43.4 Å². The number of aromatic nitrogens is 1. The summed E-state index contributed by atoms with van der Waals surface area (Å²) in [5, 5.41) is 5.12. The van der Waals surface area contributed by atoms with E-state index >= 15 is 0 Å². The van der Waals surface area contributed by atoms with Gasteiger partial charge in [-0.1, -0.05) is 6.07 Å². The largest absolute Gasteiger partial charge is 0.474 e. The predicted molar refractivity (Wildman–Crippen MR) is 93.3 cm³/mol. The summed E-state index contributed by atoms with van der Waals surface area (Å²) in [6.45, 7) is 4.39. The molecule has 0 spiro atoms. The quantitative estimate of drug-likeness (QED) is 0.863. The first-order chi connectivity index (χ1) is 12.2. The Labute approximate surface area is 152 Å². The number of nitrogens with zero attached hydrogens (tertiary/aromatic N) is 2. The number of nitrogens with two attached hydrogens (primary N) is 1. The summed E-state index contributed by atoms with van der Waals surface area (Å²) in [4.78, 5) is 18.2. The van der Waals surface area contributed by atoms with Gasteiger partial charge >= 0.3 is 0 Å². The molecule has 0 bridgehead atoms. The van der Waals surface area contributed by atoms with Gasteiger partial charge in [-0.25, -0.2) is 18.5 Å². The summed E-state index contributed by atoms with van der Waals surface area (Å²) in [7, 11) is -3.91. The minimum Gasteiger partial charge on any atom is -0.474 e. The number of pyridine rings is 1. The summed E-state index contributed by atoms with van der Waals surface area (Å²) in [5.74, 6) is 0.306. The van der Waals surface area contributed by atoms with Gasteiger partial charge in [0.1, 0.15) is 16.8 Å². The van der Waals surface area contributed by atoms with Crippen molar-refractivity contribution in [3.63, 3.8) is 0 Å². The van der Waals surface area contributed by atoms with E-state index in [4.69, 9.17) is 14.3 Å². The average Bonchev–Trinajstić information content (AvgIpc) is 2.99. The van der Waals surface area contributed by atoms with E-state index in [1.54, 1.807) is 11.1 Å². The molecule has 0 saturated carbocycles. The molecule has 0 unspecified atom stereocenters. The summed E-state index contributed by atoms with van der Waals surface area (Å²) >= 11 is 0. The third-order valence-electron chi connectivity index (χ3n) is 4.29. The van der Waals surface area contributed by atoms with Gasteiger partial charge in [-0.15, -0.1) is 0 Å².